The molecule has 0 radical (unpaired) electrons. The topological polar surface area (TPSA) is 73.7 Å². The van der Waals surface area contributed by atoms with Gasteiger partial charge >= 0.3 is 0 Å². The van der Waals surface area contributed by atoms with E-state index in [2.05, 4.69) is 4.98 Å². The lowest BCUT2D eigenvalue weighted by molar-refractivity contribution is -0.132. The van der Waals surface area contributed by atoms with Gasteiger partial charge in [-0.1, -0.05) is 23.4 Å². The highest BCUT2D eigenvalue weighted by atomic mass is 35.5. The molecule has 140 valence electrons. The molecule has 1 aromatic carbocycles. The average Bonchev–Trinajstić information content (AvgIpc) is 2.66. The number of halogens is 1. The van der Waals surface area contributed by atoms with Crippen LogP contribution in [0, 0.1) is 0 Å². The summed E-state index contributed by atoms with van der Waals surface area (Å²) in [5.41, 5.74) is 0.363. The molecule has 0 aliphatic carbocycles. The van der Waals surface area contributed by atoms with Gasteiger partial charge in [0.15, 0.2) is 5.16 Å². The van der Waals surface area contributed by atoms with Crippen molar-refractivity contribution in [3.8, 4) is 0 Å². The Hall–Kier alpha value is -1.61. The van der Waals surface area contributed by atoms with E-state index in [9.17, 15) is 9.59 Å². The van der Waals surface area contributed by atoms with Crippen LogP contribution in [0.25, 0.3) is 10.9 Å². The maximum atomic E-state index is 12.8. The Bertz CT molecular complexity index is 852. The predicted octanol–water partition coefficient (Wildman–Crippen LogP) is 1.65. The van der Waals surface area contributed by atoms with Crippen LogP contribution in [0.2, 0.25) is 5.02 Å². The molecule has 0 spiro atoms. The zero-order valence-electron chi connectivity index (χ0n) is 14.4. The number of carbonyl (C=O) groups is 1. The Labute approximate surface area is 160 Å². The number of nitrogens with zero attached hydrogens (tertiary/aromatic N) is 3. The van der Waals surface area contributed by atoms with E-state index in [4.69, 9.17) is 21.1 Å². The summed E-state index contributed by atoms with van der Waals surface area (Å²) in [7, 11) is 1.58. The Morgan fingerprint density at radius 3 is 2.88 bits per heavy atom. The summed E-state index contributed by atoms with van der Waals surface area (Å²) in [5.74, 6) is 0.225. The van der Waals surface area contributed by atoms with Crippen molar-refractivity contribution in [1.82, 2.24) is 14.5 Å². The second kappa shape index (κ2) is 8.85. The maximum Gasteiger partial charge on any atom is 0.262 e. The van der Waals surface area contributed by atoms with Crippen molar-refractivity contribution in [3.63, 3.8) is 0 Å². The SMILES string of the molecule is COCCn1c(SCC(=O)N2CCOCC2)nc2cc(Cl)ccc2c1=O. The van der Waals surface area contributed by atoms with Gasteiger partial charge in [-0.25, -0.2) is 4.98 Å². The monoisotopic (exact) mass is 397 g/mol. The first-order chi connectivity index (χ1) is 12.6. The van der Waals surface area contributed by atoms with Crippen LogP contribution in [0.4, 0.5) is 0 Å². The van der Waals surface area contributed by atoms with Crippen molar-refractivity contribution in [3.05, 3.63) is 33.6 Å². The molecule has 0 saturated carbocycles. The van der Waals surface area contributed by atoms with Gasteiger partial charge in [-0.2, -0.15) is 0 Å². The number of thioether (sulfide) groups is 1. The van der Waals surface area contributed by atoms with Gasteiger partial charge in [-0.05, 0) is 18.2 Å². The number of hydrogen-bond acceptors (Lipinski definition) is 6. The third kappa shape index (κ3) is 4.37. The van der Waals surface area contributed by atoms with Gasteiger partial charge < -0.3 is 14.4 Å². The number of aromatic nitrogens is 2. The van der Waals surface area contributed by atoms with Gasteiger partial charge in [-0.3, -0.25) is 14.2 Å². The van der Waals surface area contributed by atoms with Gasteiger partial charge in [0.05, 0.1) is 43.0 Å². The highest BCUT2D eigenvalue weighted by Crippen LogP contribution is 2.21. The van der Waals surface area contributed by atoms with Crippen molar-refractivity contribution in [2.75, 3.05) is 45.8 Å². The Morgan fingerprint density at radius 1 is 1.38 bits per heavy atom. The first-order valence-corrected chi connectivity index (χ1v) is 9.64. The fourth-order valence-corrected chi connectivity index (χ4v) is 3.79. The molecule has 26 heavy (non-hydrogen) atoms. The molecule has 1 aliphatic heterocycles. The van der Waals surface area contributed by atoms with Gasteiger partial charge in [0.2, 0.25) is 5.91 Å². The van der Waals surface area contributed by atoms with Crippen molar-refractivity contribution in [2.45, 2.75) is 11.7 Å². The smallest absolute Gasteiger partial charge is 0.262 e. The van der Waals surface area contributed by atoms with Crippen LogP contribution < -0.4 is 5.56 Å². The molecular formula is C17H20ClN3O4S. The minimum atomic E-state index is -0.162. The third-order valence-corrected chi connectivity index (χ3v) is 5.29. The fourth-order valence-electron chi connectivity index (χ4n) is 2.69. The Kier molecular flexibility index (Phi) is 6.53. The largest absolute Gasteiger partial charge is 0.383 e. The summed E-state index contributed by atoms with van der Waals surface area (Å²) in [4.78, 5) is 31.5. The number of carbonyl (C=O) groups excluding carboxylic acids is 1. The van der Waals surface area contributed by atoms with Crippen molar-refractivity contribution in [2.24, 2.45) is 0 Å². The lowest BCUT2D eigenvalue weighted by Crippen LogP contribution is -2.41. The molecule has 0 N–H and O–H groups in total. The van der Waals surface area contributed by atoms with E-state index >= 15 is 0 Å². The molecule has 1 aliphatic rings. The second-order valence-electron chi connectivity index (χ2n) is 5.79. The quantitative estimate of drug-likeness (QED) is 0.545. The standard InChI is InChI=1S/C17H20ClN3O4S/c1-24-7-6-21-16(23)13-3-2-12(18)10-14(13)19-17(21)26-11-15(22)20-4-8-25-9-5-20/h2-3,10H,4-9,11H2,1H3. The van der Waals surface area contributed by atoms with E-state index in [1.54, 1.807) is 34.8 Å². The normalized spacial score (nSPS) is 14.8. The molecule has 1 aromatic heterocycles. The zero-order valence-corrected chi connectivity index (χ0v) is 16.0. The molecular weight excluding hydrogens is 378 g/mol. The molecule has 0 unspecified atom stereocenters. The van der Waals surface area contributed by atoms with Gasteiger partial charge in [-0.15, -0.1) is 0 Å². The summed E-state index contributed by atoms with van der Waals surface area (Å²) in [6, 6.07) is 5.00. The second-order valence-corrected chi connectivity index (χ2v) is 7.17. The summed E-state index contributed by atoms with van der Waals surface area (Å²) in [5, 5.41) is 1.50. The third-order valence-electron chi connectivity index (χ3n) is 4.09. The molecule has 7 nitrogen and oxygen atoms in total. The average molecular weight is 398 g/mol. The van der Waals surface area contributed by atoms with Crippen LogP contribution in [0.15, 0.2) is 28.2 Å². The van der Waals surface area contributed by atoms with Crippen molar-refractivity contribution in [1.29, 1.82) is 0 Å². The lowest BCUT2D eigenvalue weighted by Gasteiger charge is -2.26. The van der Waals surface area contributed by atoms with Gasteiger partial charge in [0.25, 0.3) is 5.56 Å². The number of ether oxygens (including phenoxy) is 2. The molecule has 1 amide bonds. The maximum absolute atomic E-state index is 12.8. The first kappa shape index (κ1) is 19.2. The van der Waals surface area contributed by atoms with Crippen molar-refractivity contribution >= 4 is 40.2 Å². The summed E-state index contributed by atoms with van der Waals surface area (Å²) in [6.07, 6.45) is 0. The van der Waals surface area contributed by atoms with E-state index < -0.39 is 0 Å². The first-order valence-electron chi connectivity index (χ1n) is 8.27. The number of rotatable bonds is 6. The number of benzene rings is 1. The highest BCUT2D eigenvalue weighted by Gasteiger charge is 2.19. The molecule has 2 heterocycles. The number of hydrogen-bond donors (Lipinski definition) is 0. The van der Waals surface area contributed by atoms with Crippen LogP contribution in [0.1, 0.15) is 0 Å². The fraction of sp³-hybridized carbons (Fsp3) is 0.471. The Morgan fingerprint density at radius 2 is 2.15 bits per heavy atom. The zero-order chi connectivity index (χ0) is 18.5. The van der Waals surface area contributed by atoms with Crippen LogP contribution in [0.5, 0.6) is 0 Å². The van der Waals surface area contributed by atoms with E-state index in [1.807, 2.05) is 0 Å². The minimum absolute atomic E-state index is 0.0111. The van der Waals surface area contributed by atoms with E-state index in [-0.39, 0.29) is 17.2 Å². The molecule has 0 atom stereocenters. The van der Waals surface area contributed by atoms with Gasteiger partial charge in [0.1, 0.15) is 0 Å². The molecule has 1 fully saturated rings. The summed E-state index contributed by atoms with van der Waals surface area (Å²) >= 11 is 7.28. The molecule has 2 aromatic rings. The number of morpholine rings is 1. The van der Waals surface area contributed by atoms with Gasteiger partial charge in [0, 0.05) is 25.2 Å². The number of amides is 1. The Balaban J connectivity index is 1.86. The summed E-state index contributed by atoms with van der Waals surface area (Å²) in [6.45, 7) is 3.05. The summed E-state index contributed by atoms with van der Waals surface area (Å²) < 4.78 is 11.9. The van der Waals surface area contributed by atoms with Crippen molar-refractivity contribution < 1.29 is 14.3 Å². The van der Waals surface area contributed by atoms with Crippen LogP contribution in [-0.4, -0.2) is 66.1 Å². The lowest BCUT2D eigenvalue weighted by atomic mass is 10.2. The molecule has 0 bridgehead atoms. The van der Waals surface area contributed by atoms with Crippen LogP contribution >= 0.6 is 23.4 Å². The number of fused-ring (bicyclic) bond motifs is 1. The van der Waals surface area contributed by atoms with Crippen LogP contribution in [-0.2, 0) is 20.8 Å². The van der Waals surface area contributed by atoms with E-state index in [0.717, 1.165) is 0 Å². The highest BCUT2D eigenvalue weighted by molar-refractivity contribution is 7.99. The van der Waals surface area contributed by atoms with Crippen LogP contribution in [0.3, 0.4) is 0 Å². The van der Waals surface area contributed by atoms with E-state index in [1.165, 1.54) is 11.8 Å². The molecule has 3 rings (SSSR count). The predicted molar refractivity (Wildman–Crippen MR) is 101 cm³/mol. The minimum Gasteiger partial charge on any atom is -0.383 e. The molecule has 1 saturated heterocycles. The number of methoxy groups -OCH3 is 1. The van der Waals surface area contributed by atoms with E-state index in [0.29, 0.717) is 60.5 Å². The molecule has 9 heteroatoms.